The minimum atomic E-state index is 0.228. The number of allylic oxidation sites excluding steroid dienone is 8. The van der Waals surface area contributed by atoms with Crippen molar-refractivity contribution in [1.29, 1.82) is 0 Å². The maximum absolute atomic E-state index is 2.47. The molecule has 1 fully saturated rings. The zero-order valence-electron chi connectivity index (χ0n) is 35.9. The zero-order chi connectivity index (χ0) is 42.0. The standard InChI is InChI=1S/C58H54N4/c1-42-15-13-23-55(38-42)60(46-17-7-4-8-18-46)52-29-25-49(26-30-52)59(50-27-31-53(32-28-50)61(47-19-9-5-10-20-47)56-24-14-16-43(2)39-56)51-33-35-54(36-34-51)62(48-21-11-6-12-22-48)58-40-44(3)37-45-41-57(45)58/h4-17,19,21-40,45-47,57H,18,20,41H2,1-3H3. The predicted octanol–water partition coefficient (Wildman–Crippen LogP) is 15.4. The highest BCUT2D eigenvalue weighted by Gasteiger charge is 2.43. The smallest absolute Gasteiger partial charge is 0.0559 e. The highest BCUT2D eigenvalue weighted by atomic mass is 15.2. The lowest BCUT2D eigenvalue weighted by Crippen LogP contribution is -2.30. The third-order valence-electron chi connectivity index (χ3n) is 12.6. The van der Waals surface area contributed by atoms with Crippen molar-refractivity contribution in [2.75, 3.05) is 19.6 Å². The molecule has 0 heterocycles. The second-order valence-corrected chi connectivity index (χ2v) is 17.2. The Morgan fingerprint density at radius 3 is 1.31 bits per heavy atom. The van der Waals surface area contributed by atoms with E-state index < -0.39 is 0 Å². The zero-order valence-corrected chi connectivity index (χ0v) is 35.9. The third kappa shape index (κ3) is 8.09. The molecular weight excluding hydrogens is 753 g/mol. The topological polar surface area (TPSA) is 13.0 Å². The van der Waals surface area contributed by atoms with Crippen molar-refractivity contribution in [3.8, 4) is 0 Å². The number of anilines is 9. The summed E-state index contributed by atoms with van der Waals surface area (Å²) in [5.74, 6) is 1.20. The van der Waals surface area contributed by atoms with Gasteiger partial charge in [-0.1, -0.05) is 103 Å². The fraction of sp³-hybridized carbons (Fsp3) is 0.172. The highest BCUT2D eigenvalue weighted by Crippen LogP contribution is 2.52. The fourth-order valence-electron chi connectivity index (χ4n) is 9.58. The number of para-hydroxylation sites is 1. The first-order valence-electron chi connectivity index (χ1n) is 22.2. The Kier molecular flexibility index (Phi) is 10.8. The summed E-state index contributed by atoms with van der Waals surface area (Å²) in [4.78, 5) is 9.81. The quantitative estimate of drug-likeness (QED) is 0.122. The van der Waals surface area contributed by atoms with Crippen LogP contribution < -0.4 is 19.6 Å². The molecule has 4 heteroatoms. The molecule has 4 aliphatic carbocycles. The van der Waals surface area contributed by atoms with E-state index in [4.69, 9.17) is 0 Å². The molecule has 1 saturated carbocycles. The largest absolute Gasteiger partial charge is 0.334 e. The van der Waals surface area contributed by atoms with Crippen molar-refractivity contribution < 1.29 is 0 Å². The summed E-state index contributed by atoms with van der Waals surface area (Å²) in [6.45, 7) is 6.58. The number of benzene rings is 6. The SMILES string of the molecule is CC1=CC2CC2C(N(c2ccccc2)c2ccc(N(c3ccc(N(c4cccc(C)c4)C4C=CC=CC4)cc3)c3ccc(N(c4cccc(C)c4)C4C=CC=CC4)cc3)cc2)=C1. The van der Waals surface area contributed by atoms with Gasteiger partial charge in [-0.3, -0.25) is 0 Å². The van der Waals surface area contributed by atoms with Gasteiger partial charge >= 0.3 is 0 Å². The maximum Gasteiger partial charge on any atom is 0.0559 e. The first-order chi connectivity index (χ1) is 30.5. The van der Waals surface area contributed by atoms with E-state index in [0.29, 0.717) is 11.8 Å². The summed E-state index contributed by atoms with van der Waals surface area (Å²) in [5.41, 5.74) is 15.7. The van der Waals surface area contributed by atoms with Crippen LogP contribution in [-0.2, 0) is 0 Å². The molecular formula is C58H54N4. The van der Waals surface area contributed by atoms with Gasteiger partial charge in [-0.25, -0.2) is 0 Å². The van der Waals surface area contributed by atoms with Crippen LogP contribution in [0.25, 0.3) is 0 Å². The molecule has 4 nitrogen and oxygen atoms in total. The Morgan fingerprint density at radius 1 is 0.419 bits per heavy atom. The lowest BCUT2D eigenvalue weighted by atomic mass is 10.0. The molecule has 4 unspecified atom stereocenters. The summed E-state index contributed by atoms with van der Waals surface area (Å²) >= 11 is 0. The van der Waals surface area contributed by atoms with E-state index >= 15 is 0 Å². The molecule has 306 valence electrons. The van der Waals surface area contributed by atoms with E-state index in [1.807, 2.05) is 0 Å². The van der Waals surface area contributed by atoms with Crippen LogP contribution in [0.15, 0.2) is 224 Å². The van der Waals surface area contributed by atoms with Crippen molar-refractivity contribution in [3.05, 3.63) is 235 Å². The van der Waals surface area contributed by atoms with Gasteiger partial charge in [0.25, 0.3) is 0 Å². The minimum Gasteiger partial charge on any atom is -0.334 e. The first-order valence-corrected chi connectivity index (χ1v) is 22.2. The Labute approximate surface area is 368 Å². The summed E-state index contributed by atoms with van der Waals surface area (Å²) in [7, 11) is 0. The molecule has 4 aliphatic rings. The van der Waals surface area contributed by atoms with Crippen LogP contribution in [0.3, 0.4) is 0 Å². The van der Waals surface area contributed by atoms with E-state index in [1.54, 1.807) is 0 Å². The van der Waals surface area contributed by atoms with E-state index in [1.165, 1.54) is 62.9 Å². The number of hydrogen-bond donors (Lipinski definition) is 0. The van der Waals surface area contributed by atoms with E-state index in [2.05, 4.69) is 253 Å². The van der Waals surface area contributed by atoms with Crippen LogP contribution >= 0.6 is 0 Å². The number of fused-ring (bicyclic) bond motifs is 1. The van der Waals surface area contributed by atoms with Crippen LogP contribution in [0, 0.1) is 25.7 Å². The number of rotatable bonds is 12. The molecule has 0 aromatic heterocycles. The number of aryl methyl sites for hydroxylation is 2. The van der Waals surface area contributed by atoms with Gasteiger partial charge in [0.1, 0.15) is 0 Å². The molecule has 4 atom stereocenters. The fourth-order valence-corrected chi connectivity index (χ4v) is 9.58. The van der Waals surface area contributed by atoms with Crippen molar-refractivity contribution in [3.63, 3.8) is 0 Å². The maximum atomic E-state index is 2.47. The normalized spacial score (nSPS) is 19.6. The molecule has 62 heavy (non-hydrogen) atoms. The van der Waals surface area contributed by atoms with Crippen molar-refractivity contribution >= 4 is 51.2 Å². The average Bonchev–Trinajstić information content (AvgIpc) is 4.09. The Morgan fingerprint density at radius 2 is 0.855 bits per heavy atom. The molecule has 0 amide bonds. The van der Waals surface area contributed by atoms with Gasteiger partial charge in [0, 0.05) is 62.8 Å². The van der Waals surface area contributed by atoms with Gasteiger partial charge in [-0.2, -0.15) is 0 Å². The van der Waals surface area contributed by atoms with Crippen LogP contribution in [0.5, 0.6) is 0 Å². The molecule has 0 bridgehead atoms. The molecule has 0 N–H and O–H groups in total. The highest BCUT2D eigenvalue weighted by molar-refractivity contribution is 5.82. The van der Waals surface area contributed by atoms with Gasteiger partial charge in [-0.05, 0) is 172 Å². The minimum absolute atomic E-state index is 0.228. The second kappa shape index (κ2) is 17.1. The van der Waals surface area contributed by atoms with Crippen molar-refractivity contribution in [2.45, 2.75) is 52.1 Å². The molecule has 10 rings (SSSR count). The van der Waals surface area contributed by atoms with E-state index in [9.17, 15) is 0 Å². The molecule has 0 radical (unpaired) electrons. The first kappa shape index (κ1) is 39.1. The second-order valence-electron chi connectivity index (χ2n) is 17.2. The summed E-state index contributed by atoms with van der Waals surface area (Å²) in [6, 6.07) is 56.5. The summed E-state index contributed by atoms with van der Waals surface area (Å²) < 4.78 is 0. The van der Waals surface area contributed by atoms with Crippen LogP contribution in [0.1, 0.15) is 37.3 Å². The third-order valence-corrected chi connectivity index (χ3v) is 12.6. The molecule has 0 saturated heterocycles. The number of hydrogen-bond acceptors (Lipinski definition) is 4. The summed E-state index contributed by atoms with van der Waals surface area (Å²) in [5, 5.41) is 0. The monoisotopic (exact) mass is 806 g/mol. The Balaban J connectivity index is 1.05. The van der Waals surface area contributed by atoms with Gasteiger partial charge in [0.05, 0.1) is 12.1 Å². The van der Waals surface area contributed by atoms with E-state index in [0.717, 1.165) is 29.9 Å². The molecule has 0 spiro atoms. The lowest BCUT2D eigenvalue weighted by Gasteiger charge is -2.34. The van der Waals surface area contributed by atoms with Gasteiger partial charge in [0.2, 0.25) is 0 Å². The van der Waals surface area contributed by atoms with Gasteiger partial charge in [0.15, 0.2) is 0 Å². The lowest BCUT2D eigenvalue weighted by molar-refractivity contribution is 0.784. The molecule has 6 aromatic carbocycles. The van der Waals surface area contributed by atoms with Gasteiger partial charge in [-0.15, -0.1) is 0 Å². The van der Waals surface area contributed by atoms with Crippen LogP contribution in [0.4, 0.5) is 51.2 Å². The van der Waals surface area contributed by atoms with Crippen LogP contribution in [-0.4, -0.2) is 12.1 Å². The Hall–Kier alpha value is -7.04. The average molecular weight is 807 g/mol. The van der Waals surface area contributed by atoms with Crippen LogP contribution in [0.2, 0.25) is 0 Å². The molecule has 6 aromatic rings. The Bertz CT molecular complexity index is 2590. The molecule has 0 aliphatic heterocycles. The van der Waals surface area contributed by atoms with Crippen molar-refractivity contribution in [2.24, 2.45) is 11.8 Å². The number of nitrogens with zero attached hydrogens (tertiary/aromatic N) is 4. The predicted molar refractivity (Wildman–Crippen MR) is 263 cm³/mol. The van der Waals surface area contributed by atoms with Crippen molar-refractivity contribution in [1.82, 2.24) is 0 Å². The summed E-state index contributed by atoms with van der Waals surface area (Å²) in [6.07, 6.45) is 25.8. The van der Waals surface area contributed by atoms with Gasteiger partial charge < -0.3 is 19.6 Å². The van der Waals surface area contributed by atoms with E-state index in [-0.39, 0.29) is 12.1 Å².